The van der Waals surface area contributed by atoms with Gasteiger partial charge in [-0.15, -0.1) is 4.99 Å². The van der Waals surface area contributed by atoms with Crippen LogP contribution in [0.2, 0.25) is 0 Å². The van der Waals surface area contributed by atoms with E-state index in [1.807, 2.05) is 60.9 Å². The van der Waals surface area contributed by atoms with Crippen molar-refractivity contribution in [3.63, 3.8) is 0 Å². The van der Waals surface area contributed by atoms with Crippen LogP contribution in [0, 0.1) is 11.5 Å². The summed E-state index contributed by atoms with van der Waals surface area (Å²) in [5, 5.41) is 13.4. The van der Waals surface area contributed by atoms with Crippen LogP contribution < -0.4 is 11.5 Å². The number of piperidine rings is 1. The number of pyridine rings is 1. The number of nitrogen functional groups attached to an aromatic ring is 1. The van der Waals surface area contributed by atoms with Gasteiger partial charge in [-0.25, -0.2) is 4.98 Å². The predicted octanol–water partition coefficient (Wildman–Crippen LogP) is 3.55. The Labute approximate surface area is 202 Å². The highest BCUT2D eigenvalue weighted by molar-refractivity contribution is 5.80. The quantitative estimate of drug-likeness (QED) is 0.269. The maximum absolute atomic E-state index is 8.91. The molecule has 0 spiro atoms. The van der Waals surface area contributed by atoms with Crippen LogP contribution in [0.25, 0.3) is 28.0 Å². The summed E-state index contributed by atoms with van der Waals surface area (Å²) in [4.78, 5) is 15.6. The Morgan fingerprint density at radius 3 is 2.49 bits per heavy atom. The summed E-state index contributed by atoms with van der Waals surface area (Å²) in [5.74, 6) is 1.14. The number of aromatic nitrogens is 4. The molecular formula is C26H25N9. The number of hydrogen-bond acceptors (Lipinski definition) is 6. The second-order valence-corrected chi connectivity index (χ2v) is 9.23. The number of anilines is 1. The molecule has 6 rings (SSSR count). The monoisotopic (exact) mass is 463 g/mol. The van der Waals surface area contributed by atoms with Crippen molar-refractivity contribution in [2.24, 2.45) is 10.7 Å². The summed E-state index contributed by atoms with van der Waals surface area (Å²) in [7, 11) is 0. The fourth-order valence-electron chi connectivity index (χ4n) is 5.65. The number of aliphatic imine (C=N–C) groups is 1. The zero-order valence-electron chi connectivity index (χ0n) is 19.1. The Morgan fingerprint density at radius 2 is 1.80 bits per heavy atom. The minimum atomic E-state index is 0.257. The first-order valence-electron chi connectivity index (χ1n) is 11.8. The standard InChI is InChI=1S/C26H25N9/c27-15-31-26(29)34-19-7-8-20(34)11-18(10-19)23-12-24(28)35-25(33-23)21(14-32-35)17-6-9-22(30-13-17)16-4-2-1-3-5-16/h1-6,9,12-14,18-20H,7-8,10-11,28H2,(H2,29,31). The Morgan fingerprint density at radius 1 is 1.03 bits per heavy atom. The highest BCUT2D eigenvalue weighted by Crippen LogP contribution is 2.43. The number of nitriles is 1. The first kappa shape index (κ1) is 21.1. The van der Waals surface area contributed by atoms with Gasteiger partial charge < -0.3 is 16.4 Å². The smallest absolute Gasteiger partial charge is 0.209 e. The molecule has 35 heavy (non-hydrogen) atoms. The first-order valence-corrected chi connectivity index (χ1v) is 11.8. The van der Waals surface area contributed by atoms with Crippen molar-refractivity contribution in [1.29, 1.82) is 5.26 Å². The summed E-state index contributed by atoms with van der Waals surface area (Å²) in [6.45, 7) is 0. The Kier molecular flexibility index (Phi) is 5.07. The number of guanidine groups is 1. The van der Waals surface area contributed by atoms with Crippen molar-refractivity contribution in [2.75, 3.05) is 5.73 Å². The maximum Gasteiger partial charge on any atom is 0.209 e. The van der Waals surface area contributed by atoms with Gasteiger partial charge in [-0.3, -0.25) is 4.98 Å². The van der Waals surface area contributed by atoms with Crippen LogP contribution in [0.1, 0.15) is 37.3 Å². The molecule has 0 radical (unpaired) electrons. The summed E-state index contributed by atoms with van der Waals surface area (Å²) in [6, 6.07) is 16.6. The molecule has 2 atom stereocenters. The van der Waals surface area contributed by atoms with Crippen molar-refractivity contribution in [3.05, 3.63) is 66.6 Å². The fraction of sp³-hybridized carbons (Fsp3) is 0.269. The second kappa shape index (κ2) is 8.40. The van der Waals surface area contributed by atoms with E-state index in [-0.39, 0.29) is 18.0 Å². The summed E-state index contributed by atoms with van der Waals surface area (Å²) >= 11 is 0. The molecule has 4 aromatic rings. The zero-order valence-corrected chi connectivity index (χ0v) is 19.1. The first-order chi connectivity index (χ1) is 17.1. The third kappa shape index (κ3) is 3.64. The normalized spacial score (nSPS) is 21.9. The maximum atomic E-state index is 8.91. The fourth-order valence-corrected chi connectivity index (χ4v) is 5.65. The average Bonchev–Trinajstić information content (AvgIpc) is 3.43. The molecule has 0 saturated carbocycles. The topological polar surface area (TPSA) is 135 Å². The van der Waals surface area contributed by atoms with Crippen molar-refractivity contribution >= 4 is 17.4 Å². The van der Waals surface area contributed by atoms with Gasteiger partial charge in [0.05, 0.1) is 11.9 Å². The van der Waals surface area contributed by atoms with Gasteiger partial charge in [-0.1, -0.05) is 36.4 Å². The summed E-state index contributed by atoms with van der Waals surface area (Å²) in [5.41, 5.74) is 18.0. The highest BCUT2D eigenvalue weighted by Gasteiger charge is 2.42. The molecule has 2 aliphatic rings. The number of benzene rings is 1. The molecule has 3 aromatic heterocycles. The largest absolute Gasteiger partial charge is 0.384 e. The third-order valence-corrected chi connectivity index (χ3v) is 7.24. The number of rotatable bonds is 3. The van der Waals surface area contributed by atoms with Gasteiger partial charge in [-0.05, 0) is 31.7 Å². The van der Waals surface area contributed by atoms with Gasteiger partial charge >= 0.3 is 0 Å². The lowest BCUT2D eigenvalue weighted by molar-refractivity contribution is 0.210. The summed E-state index contributed by atoms with van der Waals surface area (Å²) in [6.07, 6.45) is 9.35. The molecule has 2 aliphatic heterocycles. The molecule has 0 aliphatic carbocycles. The molecule has 0 amide bonds. The van der Waals surface area contributed by atoms with Gasteiger partial charge in [0.25, 0.3) is 0 Å². The van der Waals surface area contributed by atoms with E-state index in [0.29, 0.717) is 11.8 Å². The molecule has 9 heteroatoms. The lowest BCUT2D eigenvalue weighted by Crippen LogP contribution is -2.49. The molecule has 1 aromatic carbocycles. The van der Waals surface area contributed by atoms with Crippen LogP contribution in [0.3, 0.4) is 0 Å². The Bertz CT molecular complexity index is 1440. The van der Waals surface area contributed by atoms with E-state index in [1.54, 1.807) is 10.7 Å². The van der Waals surface area contributed by atoms with Gasteiger partial charge in [0, 0.05) is 52.6 Å². The molecule has 4 N–H and O–H groups in total. The van der Waals surface area contributed by atoms with E-state index < -0.39 is 0 Å². The van der Waals surface area contributed by atoms with E-state index >= 15 is 0 Å². The van der Waals surface area contributed by atoms with E-state index in [0.717, 1.165) is 59.4 Å². The lowest BCUT2D eigenvalue weighted by atomic mass is 9.88. The van der Waals surface area contributed by atoms with E-state index in [1.165, 1.54) is 0 Å². The van der Waals surface area contributed by atoms with Crippen molar-refractivity contribution in [3.8, 4) is 28.6 Å². The predicted molar refractivity (Wildman–Crippen MR) is 134 cm³/mol. The molecule has 2 bridgehead atoms. The van der Waals surface area contributed by atoms with Gasteiger partial charge in [0.15, 0.2) is 5.65 Å². The van der Waals surface area contributed by atoms with Crippen molar-refractivity contribution in [1.82, 2.24) is 24.5 Å². The molecule has 2 unspecified atom stereocenters. The number of nitrogens with zero attached hydrogens (tertiary/aromatic N) is 7. The highest BCUT2D eigenvalue weighted by atomic mass is 15.3. The SMILES string of the molecule is N#CN=C(N)N1C2CCC1CC(c1cc(N)n3ncc(-c4ccc(-c5ccccc5)nc4)c3n1)C2. The Hall–Kier alpha value is -4.45. The third-order valence-electron chi connectivity index (χ3n) is 7.24. The van der Waals surface area contributed by atoms with Gasteiger partial charge in [-0.2, -0.15) is 14.9 Å². The average molecular weight is 464 g/mol. The van der Waals surface area contributed by atoms with E-state index in [9.17, 15) is 0 Å². The number of hydrogen-bond donors (Lipinski definition) is 2. The van der Waals surface area contributed by atoms with Crippen LogP contribution in [-0.2, 0) is 0 Å². The molecule has 2 fully saturated rings. The minimum absolute atomic E-state index is 0.257. The second-order valence-electron chi connectivity index (χ2n) is 9.23. The molecule has 2 saturated heterocycles. The van der Waals surface area contributed by atoms with Crippen LogP contribution in [0.15, 0.2) is 65.9 Å². The van der Waals surface area contributed by atoms with E-state index in [2.05, 4.69) is 20.0 Å². The van der Waals surface area contributed by atoms with Gasteiger partial charge in [0.1, 0.15) is 5.82 Å². The van der Waals surface area contributed by atoms with E-state index in [4.69, 9.17) is 21.7 Å². The van der Waals surface area contributed by atoms with Crippen molar-refractivity contribution < 1.29 is 0 Å². The summed E-state index contributed by atoms with van der Waals surface area (Å²) < 4.78 is 1.69. The lowest BCUT2D eigenvalue weighted by Gasteiger charge is -2.39. The minimum Gasteiger partial charge on any atom is -0.384 e. The molecule has 5 heterocycles. The van der Waals surface area contributed by atoms with Crippen molar-refractivity contribution in [2.45, 2.75) is 43.7 Å². The molecule has 174 valence electrons. The van der Waals surface area contributed by atoms with Crippen LogP contribution in [-0.4, -0.2) is 42.5 Å². The van der Waals surface area contributed by atoms with Crippen LogP contribution in [0.4, 0.5) is 5.82 Å². The van der Waals surface area contributed by atoms with Gasteiger partial charge in [0.2, 0.25) is 12.2 Å². The van der Waals surface area contributed by atoms with Crippen LogP contribution in [0.5, 0.6) is 0 Å². The Balaban J connectivity index is 1.32. The number of nitrogens with two attached hydrogens (primary N) is 2. The molecular weight excluding hydrogens is 438 g/mol. The zero-order chi connectivity index (χ0) is 23.9. The van der Waals surface area contributed by atoms with Crippen LogP contribution >= 0.6 is 0 Å². The molecule has 9 nitrogen and oxygen atoms in total. The number of fused-ring (bicyclic) bond motifs is 3.